The summed E-state index contributed by atoms with van der Waals surface area (Å²) in [5.41, 5.74) is 2.70. The number of halogens is 1. The van der Waals surface area contributed by atoms with Crippen molar-refractivity contribution in [2.75, 3.05) is 26.2 Å². The molecule has 1 aliphatic rings. The smallest absolute Gasteiger partial charge is 0.379 e. The standard InChI is InChI=1S/C29H30FN3O3/c30-28-19-23(9-13-32-28)22-7-8-24-18-27(29(34)36-26(24)17-22)35-16-4-12-31-25-10-14-33(15-11-25)20-21-5-2-1-3-6-21/h1-3,5-9,13,17-19,25,31H,4,10-12,14-16,20H2. The van der Waals surface area contributed by atoms with Crippen molar-refractivity contribution >= 4 is 11.0 Å². The van der Waals surface area contributed by atoms with Crippen molar-refractivity contribution in [2.45, 2.75) is 31.8 Å². The van der Waals surface area contributed by atoms with Gasteiger partial charge in [0.15, 0.2) is 0 Å². The SMILES string of the molecule is O=c1oc2cc(-c3ccnc(F)c3)ccc2cc1OCCCNC1CCN(Cc2ccccc2)CC1. The zero-order valence-corrected chi connectivity index (χ0v) is 20.2. The van der Waals surface area contributed by atoms with Crippen LogP contribution in [0.3, 0.4) is 0 Å². The predicted octanol–water partition coefficient (Wildman–Crippen LogP) is 5.02. The zero-order chi connectivity index (χ0) is 24.7. The Balaban J connectivity index is 1.07. The Morgan fingerprint density at radius 2 is 1.83 bits per heavy atom. The predicted molar refractivity (Wildman–Crippen MR) is 139 cm³/mol. The second-order valence-corrected chi connectivity index (χ2v) is 9.21. The largest absolute Gasteiger partial charge is 0.486 e. The van der Waals surface area contributed by atoms with Gasteiger partial charge in [0, 0.05) is 30.2 Å². The molecule has 3 heterocycles. The van der Waals surface area contributed by atoms with E-state index in [1.54, 1.807) is 18.2 Å². The van der Waals surface area contributed by atoms with Crippen LogP contribution in [0.5, 0.6) is 5.75 Å². The molecular weight excluding hydrogens is 457 g/mol. The van der Waals surface area contributed by atoms with Gasteiger partial charge in [0.05, 0.1) is 6.61 Å². The van der Waals surface area contributed by atoms with Gasteiger partial charge in [0.25, 0.3) is 0 Å². The van der Waals surface area contributed by atoms with Crippen molar-refractivity contribution in [3.05, 3.63) is 94.9 Å². The van der Waals surface area contributed by atoms with Gasteiger partial charge in [0.1, 0.15) is 5.58 Å². The Hall–Kier alpha value is -3.55. The average molecular weight is 488 g/mol. The van der Waals surface area contributed by atoms with Crippen LogP contribution >= 0.6 is 0 Å². The molecule has 0 atom stereocenters. The summed E-state index contributed by atoms with van der Waals surface area (Å²) in [4.78, 5) is 18.5. The second-order valence-electron chi connectivity index (χ2n) is 9.21. The van der Waals surface area contributed by atoms with Crippen molar-refractivity contribution in [1.29, 1.82) is 0 Å². The molecule has 1 saturated heterocycles. The molecule has 0 saturated carbocycles. The van der Waals surface area contributed by atoms with E-state index in [1.165, 1.54) is 17.8 Å². The normalized spacial score (nSPS) is 14.8. The van der Waals surface area contributed by atoms with Gasteiger partial charge in [-0.3, -0.25) is 4.90 Å². The maximum absolute atomic E-state index is 13.4. The number of benzene rings is 2. The van der Waals surface area contributed by atoms with Gasteiger partial charge in [-0.1, -0.05) is 42.5 Å². The van der Waals surface area contributed by atoms with E-state index < -0.39 is 11.6 Å². The van der Waals surface area contributed by atoms with Crippen LogP contribution in [-0.2, 0) is 6.54 Å². The van der Waals surface area contributed by atoms with Crippen molar-refractivity contribution in [3.63, 3.8) is 0 Å². The first-order valence-corrected chi connectivity index (χ1v) is 12.5. The minimum atomic E-state index is -0.555. The van der Waals surface area contributed by atoms with E-state index in [1.807, 2.05) is 12.1 Å². The first-order chi connectivity index (χ1) is 17.6. The molecule has 1 fully saturated rings. The molecule has 0 radical (unpaired) electrons. The number of nitrogens with one attached hydrogen (secondary N) is 1. The highest BCUT2D eigenvalue weighted by Crippen LogP contribution is 2.25. The van der Waals surface area contributed by atoms with Crippen LogP contribution in [0.1, 0.15) is 24.8 Å². The molecule has 0 amide bonds. The third kappa shape index (κ3) is 6.17. The van der Waals surface area contributed by atoms with E-state index in [-0.39, 0.29) is 5.75 Å². The molecular formula is C29H30FN3O3. The summed E-state index contributed by atoms with van der Waals surface area (Å²) in [5, 5.41) is 4.38. The Kier molecular flexibility index (Phi) is 7.69. The fourth-order valence-electron chi connectivity index (χ4n) is 4.65. The minimum Gasteiger partial charge on any atom is -0.486 e. The number of ether oxygens (including phenoxy) is 1. The van der Waals surface area contributed by atoms with Crippen molar-refractivity contribution < 1.29 is 13.5 Å². The molecule has 0 spiro atoms. The lowest BCUT2D eigenvalue weighted by atomic mass is 10.0. The molecule has 36 heavy (non-hydrogen) atoms. The van der Waals surface area contributed by atoms with Crippen LogP contribution in [0, 0.1) is 5.95 Å². The molecule has 5 rings (SSSR count). The summed E-state index contributed by atoms with van der Waals surface area (Å²) in [6.07, 6.45) is 4.48. The molecule has 6 nitrogen and oxygen atoms in total. The number of likely N-dealkylation sites (tertiary alicyclic amines) is 1. The summed E-state index contributed by atoms with van der Waals surface area (Å²) in [6.45, 7) is 4.48. The van der Waals surface area contributed by atoms with Gasteiger partial charge in [0.2, 0.25) is 11.7 Å². The van der Waals surface area contributed by atoms with E-state index in [0.29, 0.717) is 23.8 Å². The molecule has 0 aliphatic carbocycles. The van der Waals surface area contributed by atoms with Gasteiger partial charge in [-0.25, -0.2) is 9.78 Å². The summed E-state index contributed by atoms with van der Waals surface area (Å²) >= 11 is 0. The van der Waals surface area contributed by atoms with E-state index in [4.69, 9.17) is 9.15 Å². The van der Waals surface area contributed by atoms with Crippen LogP contribution in [-0.4, -0.2) is 42.2 Å². The number of fused-ring (bicyclic) bond motifs is 1. The summed E-state index contributed by atoms with van der Waals surface area (Å²) in [7, 11) is 0. The number of nitrogens with zero attached hydrogens (tertiary/aromatic N) is 2. The molecule has 0 bridgehead atoms. The van der Waals surface area contributed by atoms with Crippen LogP contribution in [0.4, 0.5) is 4.39 Å². The van der Waals surface area contributed by atoms with E-state index in [0.717, 1.165) is 56.4 Å². The quantitative estimate of drug-likeness (QED) is 0.203. The topological polar surface area (TPSA) is 67.6 Å². The average Bonchev–Trinajstić information content (AvgIpc) is 2.90. The fraction of sp³-hybridized carbons (Fsp3) is 0.310. The number of piperidine rings is 1. The Bertz CT molecular complexity index is 1350. The zero-order valence-electron chi connectivity index (χ0n) is 20.2. The summed E-state index contributed by atoms with van der Waals surface area (Å²) < 4.78 is 24.7. The lowest BCUT2D eigenvalue weighted by Gasteiger charge is -2.32. The lowest BCUT2D eigenvalue weighted by molar-refractivity contribution is 0.189. The molecule has 1 aliphatic heterocycles. The number of hydrogen-bond donors (Lipinski definition) is 1. The van der Waals surface area contributed by atoms with Crippen LogP contribution < -0.4 is 15.7 Å². The monoisotopic (exact) mass is 487 g/mol. The van der Waals surface area contributed by atoms with Gasteiger partial charge in [-0.15, -0.1) is 0 Å². The Morgan fingerprint density at radius 1 is 1.03 bits per heavy atom. The highest BCUT2D eigenvalue weighted by molar-refractivity contribution is 5.83. The second kappa shape index (κ2) is 11.5. The minimum absolute atomic E-state index is 0.208. The highest BCUT2D eigenvalue weighted by Gasteiger charge is 2.18. The molecule has 2 aromatic heterocycles. The molecule has 0 unspecified atom stereocenters. The molecule has 7 heteroatoms. The van der Waals surface area contributed by atoms with Gasteiger partial charge >= 0.3 is 5.63 Å². The van der Waals surface area contributed by atoms with Crippen molar-refractivity contribution in [2.24, 2.45) is 0 Å². The number of aromatic nitrogens is 1. The number of hydrogen-bond acceptors (Lipinski definition) is 6. The first-order valence-electron chi connectivity index (χ1n) is 12.5. The molecule has 4 aromatic rings. The summed E-state index contributed by atoms with van der Waals surface area (Å²) in [5.74, 6) is -0.347. The van der Waals surface area contributed by atoms with Gasteiger partial charge < -0.3 is 14.5 Å². The first kappa shape index (κ1) is 24.2. The Labute approximate surface area is 209 Å². The molecule has 186 valence electrons. The number of pyridine rings is 1. The lowest BCUT2D eigenvalue weighted by Crippen LogP contribution is -2.42. The van der Waals surface area contributed by atoms with Crippen LogP contribution in [0.2, 0.25) is 0 Å². The molecule has 1 N–H and O–H groups in total. The summed E-state index contributed by atoms with van der Waals surface area (Å²) in [6, 6.07) is 21.3. The van der Waals surface area contributed by atoms with Crippen molar-refractivity contribution in [3.8, 4) is 16.9 Å². The van der Waals surface area contributed by atoms with Gasteiger partial charge in [-0.2, -0.15) is 4.39 Å². The number of rotatable bonds is 9. The van der Waals surface area contributed by atoms with E-state index in [2.05, 4.69) is 45.5 Å². The maximum Gasteiger partial charge on any atom is 0.379 e. The molecule has 2 aromatic carbocycles. The highest BCUT2D eigenvalue weighted by atomic mass is 19.1. The maximum atomic E-state index is 13.4. The van der Waals surface area contributed by atoms with Gasteiger partial charge in [-0.05, 0) is 73.8 Å². The third-order valence-electron chi connectivity index (χ3n) is 6.61. The van der Waals surface area contributed by atoms with Crippen molar-refractivity contribution in [1.82, 2.24) is 15.2 Å². The van der Waals surface area contributed by atoms with Crippen LogP contribution in [0.15, 0.2) is 82.1 Å². The fourth-order valence-corrected chi connectivity index (χ4v) is 4.65. The van der Waals surface area contributed by atoms with Crippen LogP contribution in [0.25, 0.3) is 22.1 Å². The van der Waals surface area contributed by atoms with E-state index >= 15 is 0 Å². The Morgan fingerprint density at radius 3 is 2.64 bits per heavy atom. The van der Waals surface area contributed by atoms with E-state index in [9.17, 15) is 9.18 Å². The third-order valence-corrected chi connectivity index (χ3v) is 6.61.